The first-order valence-corrected chi connectivity index (χ1v) is 6.85. The normalized spacial score (nSPS) is 18.4. The minimum absolute atomic E-state index is 0.161. The monoisotopic (exact) mass is 250 g/mol. The molecule has 1 aromatic carbocycles. The van der Waals surface area contributed by atoms with Crippen LogP contribution in [-0.2, 0) is 6.54 Å². The van der Waals surface area contributed by atoms with Gasteiger partial charge in [0.25, 0.3) is 0 Å². The van der Waals surface area contributed by atoms with Crippen molar-refractivity contribution in [2.45, 2.75) is 38.3 Å². The van der Waals surface area contributed by atoms with E-state index in [-0.39, 0.29) is 5.82 Å². The molecule has 1 saturated carbocycles. The van der Waals surface area contributed by atoms with Crippen LogP contribution in [-0.4, -0.2) is 24.5 Å². The first-order chi connectivity index (χ1) is 8.70. The van der Waals surface area contributed by atoms with E-state index in [1.807, 2.05) is 6.07 Å². The van der Waals surface area contributed by atoms with Gasteiger partial charge in [0, 0.05) is 19.1 Å². The van der Waals surface area contributed by atoms with Crippen LogP contribution >= 0.6 is 0 Å². The summed E-state index contributed by atoms with van der Waals surface area (Å²) in [6.07, 6.45) is 5.23. The maximum absolute atomic E-state index is 13.2. The van der Waals surface area contributed by atoms with Gasteiger partial charge in [0.15, 0.2) is 0 Å². The lowest BCUT2D eigenvalue weighted by atomic mass is 9.96. The molecule has 0 spiro atoms. The second kappa shape index (κ2) is 6.30. The number of hydrogen-bond acceptors (Lipinski definition) is 2. The number of nitrogens with zero attached hydrogens (tertiary/aromatic N) is 1. The van der Waals surface area contributed by atoms with Crippen molar-refractivity contribution in [1.82, 2.24) is 4.90 Å². The fraction of sp³-hybridized carbons (Fsp3) is 0.600. The zero-order valence-electron chi connectivity index (χ0n) is 11.1. The lowest BCUT2D eigenvalue weighted by Crippen LogP contribution is -2.42. The number of nitrogens with two attached hydrogens (primary N) is 1. The van der Waals surface area contributed by atoms with Crippen molar-refractivity contribution in [3.63, 3.8) is 0 Å². The van der Waals surface area contributed by atoms with E-state index in [1.54, 1.807) is 12.1 Å². The van der Waals surface area contributed by atoms with E-state index in [1.165, 1.54) is 31.7 Å². The molecule has 1 atom stereocenters. The minimum atomic E-state index is -0.161. The van der Waals surface area contributed by atoms with Crippen molar-refractivity contribution < 1.29 is 4.39 Å². The van der Waals surface area contributed by atoms with E-state index in [4.69, 9.17) is 5.73 Å². The average Bonchev–Trinajstić information content (AvgIpc) is 2.83. The molecule has 18 heavy (non-hydrogen) atoms. The Morgan fingerprint density at radius 2 is 2.11 bits per heavy atom. The van der Waals surface area contributed by atoms with Gasteiger partial charge in [0.1, 0.15) is 5.82 Å². The summed E-state index contributed by atoms with van der Waals surface area (Å²) in [5, 5.41) is 0. The standard InChI is InChI=1S/C15H23FN2/c1-18(11-12-5-4-8-14(16)9-12)15(10-17)13-6-2-3-7-13/h4-5,8-9,13,15H,2-3,6-7,10-11,17H2,1H3. The molecule has 0 saturated heterocycles. The largest absolute Gasteiger partial charge is 0.329 e. The second-order valence-electron chi connectivity index (χ2n) is 5.39. The molecule has 2 N–H and O–H groups in total. The summed E-state index contributed by atoms with van der Waals surface area (Å²) >= 11 is 0. The topological polar surface area (TPSA) is 29.3 Å². The van der Waals surface area contributed by atoms with Gasteiger partial charge < -0.3 is 5.73 Å². The Balaban J connectivity index is 1.98. The molecule has 1 aromatic rings. The summed E-state index contributed by atoms with van der Waals surface area (Å²) in [4.78, 5) is 2.28. The van der Waals surface area contributed by atoms with Gasteiger partial charge in [-0.2, -0.15) is 0 Å². The molecule has 3 heteroatoms. The third-order valence-corrected chi connectivity index (χ3v) is 4.07. The van der Waals surface area contributed by atoms with Gasteiger partial charge in [-0.1, -0.05) is 25.0 Å². The summed E-state index contributed by atoms with van der Waals surface area (Å²) < 4.78 is 13.2. The van der Waals surface area contributed by atoms with Gasteiger partial charge in [-0.05, 0) is 43.5 Å². The van der Waals surface area contributed by atoms with Crippen molar-refractivity contribution in [3.05, 3.63) is 35.6 Å². The Labute approximate surface area is 109 Å². The summed E-state index contributed by atoms with van der Waals surface area (Å²) in [6.45, 7) is 1.46. The molecule has 0 amide bonds. The van der Waals surface area contributed by atoms with Crippen molar-refractivity contribution in [1.29, 1.82) is 0 Å². The Morgan fingerprint density at radius 1 is 1.39 bits per heavy atom. The van der Waals surface area contributed by atoms with Crippen LogP contribution in [0.1, 0.15) is 31.2 Å². The van der Waals surface area contributed by atoms with Crippen LogP contribution in [0.4, 0.5) is 4.39 Å². The van der Waals surface area contributed by atoms with E-state index in [9.17, 15) is 4.39 Å². The first kappa shape index (κ1) is 13.5. The van der Waals surface area contributed by atoms with Crippen LogP contribution in [0.25, 0.3) is 0 Å². The van der Waals surface area contributed by atoms with Crippen molar-refractivity contribution in [2.75, 3.05) is 13.6 Å². The molecule has 1 unspecified atom stereocenters. The Hall–Kier alpha value is -0.930. The van der Waals surface area contributed by atoms with Crippen LogP contribution in [0.3, 0.4) is 0 Å². The van der Waals surface area contributed by atoms with Crippen molar-refractivity contribution >= 4 is 0 Å². The number of likely N-dealkylation sites (N-methyl/N-ethyl adjacent to an activating group) is 1. The Morgan fingerprint density at radius 3 is 2.72 bits per heavy atom. The molecule has 2 rings (SSSR count). The maximum Gasteiger partial charge on any atom is 0.123 e. The van der Waals surface area contributed by atoms with Gasteiger partial charge >= 0.3 is 0 Å². The van der Waals surface area contributed by atoms with Gasteiger partial charge in [0.05, 0.1) is 0 Å². The van der Waals surface area contributed by atoms with E-state index < -0.39 is 0 Å². The molecule has 0 aliphatic heterocycles. The lowest BCUT2D eigenvalue weighted by molar-refractivity contribution is 0.174. The maximum atomic E-state index is 13.2. The van der Waals surface area contributed by atoms with E-state index in [2.05, 4.69) is 11.9 Å². The minimum Gasteiger partial charge on any atom is -0.329 e. The quantitative estimate of drug-likeness (QED) is 0.870. The van der Waals surface area contributed by atoms with Gasteiger partial charge in [-0.3, -0.25) is 4.90 Å². The van der Waals surface area contributed by atoms with Gasteiger partial charge in [-0.15, -0.1) is 0 Å². The smallest absolute Gasteiger partial charge is 0.123 e. The van der Waals surface area contributed by atoms with Crippen LogP contribution < -0.4 is 5.73 Å². The summed E-state index contributed by atoms with van der Waals surface area (Å²) in [6, 6.07) is 7.27. The molecule has 100 valence electrons. The molecular weight excluding hydrogens is 227 g/mol. The predicted molar refractivity (Wildman–Crippen MR) is 72.7 cm³/mol. The SMILES string of the molecule is CN(Cc1cccc(F)c1)C(CN)C1CCCC1. The number of benzene rings is 1. The van der Waals surface area contributed by atoms with Crippen LogP contribution in [0.5, 0.6) is 0 Å². The molecule has 1 aliphatic rings. The summed E-state index contributed by atoms with van der Waals surface area (Å²) in [5.41, 5.74) is 6.94. The lowest BCUT2D eigenvalue weighted by Gasteiger charge is -2.31. The predicted octanol–water partition coefficient (Wildman–Crippen LogP) is 2.78. The number of halogens is 1. The molecule has 2 nitrogen and oxygen atoms in total. The summed E-state index contributed by atoms with van der Waals surface area (Å²) in [7, 11) is 2.10. The highest BCUT2D eigenvalue weighted by Crippen LogP contribution is 2.30. The highest BCUT2D eigenvalue weighted by molar-refractivity contribution is 5.16. The highest BCUT2D eigenvalue weighted by Gasteiger charge is 2.26. The first-order valence-electron chi connectivity index (χ1n) is 6.85. The van der Waals surface area contributed by atoms with Crippen LogP contribution in [0, 0.1) is 11.7 Å². The molecule has 0 aromatic heterocycles. The Kier molecular flexibility index (Phi) is 4.72. The van der Waals surface area contributed by atoms with Gasteiger partial charge in [0.2, 0.25) is 0 Å². The third-order valence-electron chi connectivity index (χ3n) is 4.07. The summed E-state index contributed by atoms with van der Waals surface area (Å²) in [5.74, 6) is 0.555. The highest BCUT2D eigenvalue weighted by atomic mass is 19.1. The average molecular weight is 250 g/mol. The van der Waals surface area contributed by atoms with Crippen LogP contribution in [0.2, 0.25) is 0 Å². The van der Waals surface area contributed by atoms with E-state index in [0.29, 0.717) is 18.5 Å². The molecule has 0 heterocycles. The Bertz CT molecular complexity index is 375. The fourth-order valence-electron chi connectivity index (χ4n) is 3.12. The number of hydrogen-bond donors (Lipinski definition) is 1. The van der Waals surface area contributed by atoms with Crippen molar-refractivity contribution in [2.24, 2.45) is 11.7 Å². The zero-order valence-corrected chi connectivity index (χ0v) is 11.1. The fourth-order valence-corrected chi connectivity index (χ4v) is 3.12. The van der Waals surface area contributed by atoms with Crippen LogP contribution in [0.15, 0.2) is 24.3 Å². The molecular formula is C15H23FN2. The third kappa shape index (κ3) is 3.30. The molecule has 0 radical (unpaired) electrons. The molecule has 1 fully saturated rings. The van der Waals surface area contributed by atoms with Crippen molar-refractivity contribution in [3.8, 4) is 0 Å². The molecule has 0 bridgehead atoms. The van der Waals surface area contributed by atoms with E-state index in [0.717, 1.165) is 12.1 Å². The zero-order chi connectivity index (χ0) is 13.0. The van der Waals surface area contributed by atoms with Gasteiger partial charge in [-0.25, -0.2) is 4.39 Å². The van der Waals surface area contributed by atoms with E-state index >= 15 is 0 Å². The second-order valence-corrected chi connectivity index (χ2v) is 5.39. The number of rotatable bonds is 5. The molecule has 1 aliphatic carbocycles.